The number of imidazole rings is 1. The van der Waals surface area contributed by atoms with Gasteiger partial charge in [-0.15, -0.1) is 0 Å². The zero-order valence-corrected chi connectivity index (χ0v) is 10.3. The predicted molar refractivity (Wildman–Crippen MR) is 63.7 cm³/mol. The molecule has 1 aromatic heterocycles. The van der Waals surface area contributed by atoms with Crippen molar-refractivity contribution in [3.05, 3.63) is 23.8 Å². The average Bonchev–Trinajstić information content (AvgIpc) is 2.64. The van der Waals surface area contributed by atoms with Gasteiger partial charge in [0.15, 0.2) is 11.0 Å². The van der Waals surface area contributed by atoms with Gasteiger partial charge < -0.3 is 9.67 Å². The molecule has 1 aromatic carbocycles. The molecule has 0 saturated heterocycles. The number of aliphatic carboxylic acids is 1. The van der Waals surface area contributed by atoms with Gasteiger partial charge in [0.25, 0.3) is 0 Å². The van der Waals surface area contributed by atoms with E-state index in [9.17, 15) is 13.6 Å². The van der Waals surface area contributed by atoms with E-state index in [0.717, 1.165) is 17.8 Å². The summed E-state index contributed by atoms with van der Waals surface area (Å²) in [7, 11) is 0. The number of carboxylic acids is 1. The van der Waals surface area contributed by atoms with Crippen LogP contribution in [0.15, 0.2) is 17.3 Å². The molecular weight excluding hydrogens is 262 g/mol. The maximum Gasteiger partial charge on any atom is 0.313 e. The molecule has 1 heterocycles. The van der Waals surface area contributed by atoms with E-state index in [1.807, 2.05) is 0 Å². The number of benzene rings is 1. The molecule has 0 atom stereocenters. The maximum atomic E-state index is 13.5. The molecule has 96 valence electrons. The van der Waals surface area contributed by atoms with Crippen LogP contribution in [0.1, 0.15) is 6.92 Å². The van der Waals surface area contributed by atoms with Crippen molar-refractivity contribution in [3.8, 4) is 0 Å². The molecule has 7 heteroatoms. The smallest absolute Gasteiger partial charge is 0.313 e. The molecular formula is C11H10F2N2O2S. The minimum Gasteiger partial charge on any atom is -0.481 e. The molecule has 1 N–H and O–H groups in total. The number of carboxylic acid groups (broad SMARTS) is 1. The Morgan fingerprint density at radius 3 is 2.83 bits per heavy atom. The van der Waals surface area contributed by atoms with Crippen LogP contribution < -0.4 is 0 Å². The van der Waals surface area contributed by atoms with Crippen LogP contribution in [0.5, 0.6) is 0 Å². The van der Waals surface area contributed by atoms with Crippen molar-refractivity contribution in [2.45, 2.75) is 18.6 Å². The second-order valence-electron chi connectivity index (χ2n) is 3.58. The predicted octanol–water partition coefficient (Wildman–Crippen LogP) is 2.51. The van der Waals surface area contributed by atoms with E-state index >= 15 is 0 Å². The highest BCUT2D eigenvalue weighted by molar-refractivity contribution is 7.99. The lowest BCUT2D eigenvalue weighted by molar-refractivity contribution is -0.133. The minimum atomic E-state index is -0.985. The molecule has 2 rings (SSSR count). The fraction of sp³-hybridized carbons (Fsp3) is 0.273. The highest BCUT2D eigenvalue weighted by Crippen LogP contribution is 2.26. The Balaban J connectivity index is 2.54. The fourth-order valence-electron chi connectivity index (χ4n) is 1.67. The summed E-state index contributed by atoms with van der Waals surface area (Å²) >= 11 is 0.983. The topological polar surface area (TPSA) is 55.1 Å². The number of carbonyl (C=O) groups is 1. The Kier molecular flexibility index (Phi) is 3.51. The van der Waals surface area contributed by atoms with Gasteiger partial charge in [0, 0.05) is 18.7 Å². The van der Waals surface area contributed by atoms with Gasteiger partial charge in [0.1, 0.15) is 11.3 Å². The Hall–Kier alpha value is -1.63. The molecule has 18 heavy (non-hydrogen) atoms. The van der Waals surface area contributed by atoms with Crippen molar-refractivity contribution in [1.29, 1.82) is 0 Å². The number of aromatic nitrogens is 2. The number of halogens is 2. The van der Waals surface area contributed by atoms with Crippen LogP contribution in [0.3, 0.4) is 0 Å². The van der Waals surface area contributed by atoms with E-state index in [4.69, 9.17) is 5.11 Å². The number of aryl methyl sites for hydroxylation is 1. The van der Waals surface area contributed by atoms with Crippen LogP contribution in [-0.2, 0) is 11.3 Å². The standard InChI is InChI=1S/C11H10F2N2O2S/c1-2-15-8-4-6(12)3-7(13)10(8)14-11(15)18-5-9(16)17/h3-4H,2,5H2,1H3,(H,16,17). The summed E-state index contributed by atoms with van der Waals surface area (Å²) in [4.78, 5) is 14.5. The van der Waals surface area contributed by atoms with E-state index in [-0.39, 0.29) is 11.3 Å². The third-order valence-electron chi connectivity index (χ3n) is 2.38. The van der Waals surface area contributed by atoms with Crippen LogP contribution in [-0.4, -0.2) is 26.4 Å². The average molecular weight is 272 g/mol. The van der Waals surface area contributed by atoms with Crippen molar-refractivity contribution in [1.82, 2.24) is 9.55 Å². The normalized spacial score (nSPS) is 11.1. The molecule has 2 aromatic rings. The summed E-state index contributed by atoms with van der Waals surface area (Å²) < 4.78 is 28.3. The highest BCUT2D eigenvalue weighted by atomic mass is 32.2. The quantitative estimate of drug-likeness (QED) is 0.869. The van der Waals surface area contributed by atoms with Gasteiger partial charge in [-0.05, 0) is 6.92 Å². The number of rotatable bonds is 4. The first kappa shape index (κ1) is 12.8. The van der Waals surface area contributed by atoms with Crippen LogP contribution in [0.25, 0.3) is 11.0 Å². The van der Waals surface area contributed by atoms with Gasteiger partial charge in [-0.2, -0.15) is 0 Å². The summed E-state index contributed by atoms with van der Waals surface area (Å²) in [6.45, 7) is 2.26. The maximum absolute atomic E-state index is 13.5. The largest absolute Gasteiger partial charge is 0.481 e. The second kappa shape index (κ2) is 4.93. The third kappa shape index (κ3) is 2.31. The minimum absolute atomic E-state index is 0.0612. The van der Waals surface area contributed by atoms with Crippen molar-refractivity contribution >= 4 is 28.8 Å². The highest BCUT2D eigenvalue weighted by Gasteiger charge is 2.15. The summed E-state index contributed by atoms with van der Waals surface area (Å²) in [5, 5.41) is 8.99. The Labute approximate surface area is 106 Å². The van der Waals surface area contributed by atoms with Crippen molar-refractivity contribution in [2.24, 2.45) is 0 Å². The SMILES string of the molecule is CCn1c(SCC(=O)O)nc2c(F)cc(F)cc21. The van der Waals surface area contributed by atoms with Crippen LogP contribution in [0, 0.1) is 11.6 Å². The van der Waals surface area contributed by atoms with Crippen molar-refractivity contribution in [2.75, 3.05) is 5.75 Å². The van der Waals surface area contributed by atoms with E-state index in [1.54, 1.807) is 11.5 Å². The molecule has 4 nitrogen and oxygen atoms in total. The molecule has 0 saturated carbocycles. The second-order valence-corrected chi connectivity index (χ2v) is 4.52. The van der Waals surface area contributed by atoms with Gasteiger partial charge in [-0.25, -0.2) is 13.8 Å². The van der Waals surface area contributed by atoms with E-state index in [0.29, 0.717) is 17.2 Å². The number of hydrogen-bond donors (Lipinski definition) is 1. The fourth-order valence-corrected chi connectivity index (χ4v) is 2.46. The van der Waals surface area contributed by atoms with Gasteiger partial charge in [0.2, 0.25) is 0 Å². The first-order valence-electron chi connectivity index (χ1n) is 5.22. The molecule has 0 radical (unpaired) electrons. The lowest BCUT2D eigenvalue weighted by Crippen LogP contribution is -2.02. The number of thioether (sulfide) groups is 1. The molecule has 0 aliphatic carbocycles. The monoisotopic (exact) mass is 272 g/mol. The zero-order valence-electron chi connectivity index (χ0n) is 9.48. The zero-order chi connectivity index (χ0) is 13.3. The first-order valence-corrected chi connectivity index (χ1v) is 6.21. The Morgan fingerprint density at radius 1 is 1.50 bits per heavy atom. The molecule has 0 fully saturated rings. The molecule has 0 bridgehead atoms. The van der Waals surface area contributed by atoms with E-state index in [2.05, 4.69) is 4.98 Å². The number of fused-ring (bicyclic) bond motifs is 1. The van der Waals surface area contributed by atoms with E-state index < -0.39 is 17.6 Å². The summed E-state index contributed by atoms with van der Waals surface area (Å²) in [5.41, 5.74) is 0.397. The third-order valence-corrected chi connectivity index (χ3v) is 3.34. The molecule has 0 aliphatic heterocycles. The van der Waals surface area contributed by atoms with Crippen LogP contribution in [0.4, 0.5) is 8.78 Å². The lowest BCUT2D eigenvalue weighted by atomic mass is 10.3. The Bertz CT molecular complexity index is 613. The summed E-state index contributed by atoms with van der Waals surface area (Å²) in [6.07, 6.45) is 0. The Morgan fingerprint density at radius 2 is 2.22 bits per heavy atom. The first-order chi connectivity index (χ1) is 8.52. The van der Waals surface area contributed by atoms with Gasteiger partial charge in [0.05, 0.1) is 11.3 Å². The van der Waals surface area contributed by atoms with E-state index in [1.165, 1.54) is 6.07 Å². The van der Waals surface area contributed by atoms with Gasteiger partial charge in [-0.1, -0.05) is 11.8 Å². The molecule has 0 aliphatic rings. The van der Waals surface area contributed by atoms with Crippen LogP contribution in [0.2, 0.25) is 0 Å². The lowest BCUT2D eigenvalue weighted by Gasteiger charge is -2.03. The molecule has 0 spiro atoms. The van der Waals surface area contributed by atoms with Gasteiger partial charge >= 0.3 is 5.97 Å². The molecule has 0 amide bonds. The van der Waals surface area contributed by atoms with Crippen molar-refractivity contribution in [3.63, 3.8) is 0 Å². The molecule has 0 unspecified atom stereocenters. The number of nitrogens with zero attached hydrogens (tertiary/aromatic N) is 2. The van der Waals surface area contributed by atoms with Gasteiger partial charge in [-0.3, -0.25) is 4.79 Å². The summed E-state index contributed by atoms with van der Waals surface area (Å²) in [5.74, 6) is -2.58. The van der Waals surface area contributed by atoms with Crippen LogP contribution >= 0.6 is 11.8 Å². The summed E-state index contributed by atoms with van der Waals surface area (Å²) in [6, 6.07) is 1.96. The number of hydrogen-bond acceptors (Lipinski definition) is 3. The van der Waals surface area contributed by atoms with Crippen molar-refractivity contribution < 1.29 is 18.7 Å².